The Balaban J connectivity index is 1.83. The fourth-order valence-electron chi connectivity index (χ4n) is 3.14. The Kier molecular flexibility index (Phi) is 5.24. The molecule has 0 saturated heterocycles. The molecule has 1 nitrogen and oxygen atoms in total. The number of hydrogen-bond donors (Lipinski definition) is 1. The Morgan fingerprint density at radius 1 is 1.30 bits per heavy atom. The van der Waals surface area contributed by atoms with Crippen molar-refractivity contribution >= 4 is 23.1 Å². The fourth-order valence-corrected chi connectivity index (χ4v) is 5.64. The van der Waals surface area contributed by atoms with Crippen LogP contribution in [0.4, 0.5) is 0 Å². The smallest absolute Gasteiger partial charge is 0.0630 e. The second kappa shape index (κ2) is 7.15. The van der Waals surface area contributed by atoms with Crippen LogP contribution in [0.3, 0.4) is 0 Å². The highest BCUT2D eigenvalue weighted by atomic mass is 32.2. The molecule has 1 N–H and O–H groups in total. The average molecular weight is 308 g/mol. The molecule has 1 aromatic rings. The van der Waals surface area contributed by atoms with E-state index in [-0.39, 0.29) is 0 Å². The van der Waals surface area contributed by atoms with Gasteiger partial charge < -0.3 is 5.32 Å². The van der Waals surface area contributed by atoms with Crippen molar-refractivity contribution in [2.45, 2.75) is 57.2 Å². The summed E-state index contributed by atoms with van der Waals surface area (Å²) in [6, 6.07) is 2.99. The van der Waals surface area contributed by atoms with Crippen LogP contribution >= 0.6 is 23.1 Å². The van der Waals surface area contributed by atoms with Gasteiger partial charge in [-0.05, 0) is 62.5 Å². The molecule has 1 aromatic heterocycles. The Morgan fingerprint density at radius 2 is 2.25 bits per heavy atom. The van der Waals surface area contributed by atoms with Gasteiger partial charge in [0.25, 0.3) is 0 Å². The van der Waals surface area contributed by atoms with E-state index < -0.39 is 0 Å². The van der Waals surface area contributed by atoms with Gasteiger partial charge in [-0.3, -0.25) is 0 Å². The van der Waals surface area contributed by atoms with Crippen LogP contribution in [0.5, 0.6) is 0 Å². The van der Waals surface area contributed by atoms with Crippen molar-refractivity contribution in [1.82, 2.24) is 5.32 Å². The van der Waals surface area contributed by atoms with E-state index in [1.165, 1.54) is 50.0 Å². The van der Waals surface area contributed by atoms with Crippen molar-refractivity contribution in [1.29, 1.82) is 0 Å². The third kappa shape index (κ3) is 3.32. The molecule has 3 heteroatoms. The summed E-state index contributed by atoms with van der Waals surface area (Å²) in [5, 5.41) is 3.80. The van der Waals surface area contributed by atoms with Crippen LogP contribution in [0.25, 0.3) is 0 Å². The largest absolute Gasteiger partial charge is 0.306 e. The third-order valence-electron chi connectivity index (χ3n) is 4.23. The minimum atomic E-state index is 0.496. The molecule has 0 bridgehead atoms. The second-order valence-electron chi connectivity index (χ2n) is 5.81. The van der Waals surface area contributed by atoms with Gasteiger partial charge in [0.1, 0.15) is 0 Å². The van der Waals surface area contributed by atoms with Crippen molar-refractivity contribution < 1.29 is 0 Å². The van der Waals surface area contributed by atoms with Gasteiger partial charge in [-0.2, -0.15) is 11.8 Å². The Morgan fingerprint density at radius 3 is 3.00 bits per heavy atom. The van der Waals surface area contributed by atoms with Gasteiger partial charge in [0.2, 0.25) is 0 Å². The number of rotatable bonds is 5. The quantitative estimate of drug-likeness (QED) is 0.761. The molecule has 20 heavy (non-hydrogen) atoms. The lowest BCUT2D eigenvalue weighted by atomic mass is 9.92. The molecule has 0 saturated carbocycles. The van der Waals surface area contributed by atoms with Crippen molar-refractivity contribution in [3.8, 4) is 0 Å². The number of thioether (sulfide) groups is 1. The van der Waals surface area contributed by atoms with Gasteiger partial charge >= 0.3 is 0 Å². The van der Waals surface area contributed by atoms with Gasteiger partial charge in [0, 0.05) is 15.5 Å². The van der Waals surface area contributed by atoms with Crippen LogP contribution < -0.4 is 5.32 Å². The topological polar surface area (TPSA) is 12.0 Å². The van der Waals surface area contributed by atoms with Crippen LogP contribution in [0.15, 0.2) is 17.7 Å². The van der Waals surface area contributed by atoms with Gasteiger partial charge in [-0.25, -0.2) is 0 Å². The van der Waals surface area contributed by atoms with Crippen LogP contribution in [0.2, 0.25) is 0 Å². The molecule has 0 aromatic carbocycles. The molecule has 1 aliphatic heterocycles. The fraction of sp³-hybridized carbons (Fsp3) is 0.647. The Hall–Kier alpha value is -0.250. The van der Waals surface area contributed by atoms with Gasteiger partial charge in [0.15, 0.2) is 0 Å². The number of thiophene rings is 1. The Bertz CT molecular complexity index is 452. The highest BCUT2D eigenvalue weighted by Gasteiger charge is 2.22. The lowest BCUT2D eigenvalue weighted by Crippen LogP contribution is -2.24. The first kappa shape index (κ1) is 14.7. The van der Waals surface area contributed by atoms with E-state index >= 15 is 0 Å². The molecule has 0 fully saturated rings. The van der Waals surface area contributed by atoms with Gasteiger partial charge in [-0.1, -0.05) is 18.6 Å². The van der Waals surface area contributed by atoms with E-state index in [0.717, 1.165) is 6.54 Å². The van der Waals surface area contributed by atoms with E-state index in [1.807, 2.05) is 0 Å². The van der Waals surface area contributed by atoms with Crippen LogP contribution in [-0.2, 0) is 12.2 Å². The molecule has 1 atom stereocenters. The summed E-state index contributed by atoms with van der Waals surface area (Å²) in [6.45, 7) is 3.38. The summed E-state index contributed by atoms with van der Waals surface area (Å²) in [5.41, 5.74) is 3.26. The normalized spacial score (nSPS) is 20.4. The van der Waals surface area contributed by atoms with Crippen molar-refractivity contribution in [3.05, 3.63) is 33.0 Å². The molecule has 0 radical (unpaired) electrons. The molecule has 110 valence electrons. The Labute approximate surface area is 131 Å². The molecule has 0 spiro atoms. The number of nitrogens with one attached hydrogen (secondary N) is 1. The van der Waals surface area contributed by atoms with Crippen LogP contribution in [-0.4, -0.2) is 12.3 Å². The van der Waals surface area contributed by atoms with Crippen LogP contribution in [0, 0.1) is 0 Å². The minimum Gasteiger partial charge on any atom is -0.306 e. The van der Waals surface area contributed by atoms with Crippen LogP contribution in [0.1, 0.15) is 60.4 Å². The lowest BCUT2D eigenvalue weighted by molar-refractivity contribution is 0.552. The van der Waals surface area contributed by atoms with E-state index in [9.17, 15) is 0 Å². The maximum absolute atomic E-state index is 3.80. The average Bonchev–Trinajstić information content (AvgIpc) is 2.92. The molecule has 1 unspecified atom stereocenters. The number of fused-ring (bicyclic) bond motifs is 1. The minimum absolute atomic E-state index is 0.496. The zero-order valence-corrected chi connectivity index (χ0v) is 14.0. The van der Waals surface area contributed by atoms with Gasteiger partial charge in [-0.15, -0.1) is 11.3 Å². The zero-order valence-electron chi connectivity index (χ0n) is 12.4. The molecule has 2 aliphatic rings. The summed E-state index contributed by atoms with van der Waals surface area (Å²) < 4.78 is 0. The molecule has 2 heterocycles. The summed E-state index contributed by atoms with van der Waals surface area (Å²) in [5.74, 6) is 2.54. The summed E-state index contributed by atoms with van der Waals surface area (Å²) in [4.78, 5) is 3.22. The second-order valence-corrected chi connectivity index (χ2v) is 8.09. The third-order valence-corrected chi connectivity index (χ3v) is 6.54. The molecule has 0 amide bonds. The first-order valence-corrected chi connectivity index (χ1v) is 9.97. The standard InChI is InChI=1S/C17H25NS2/c1-2-9-18-17(13-6-4-3-5-7-13)16-11-14-12-19-10-8-15(14)20-16/h6,11,17-18H,2-5,7-10,12H2,1H3. The van der Waals surface area contributed by atoms with Gasteiger partial charge in [0.05, 0.1) is 6.04 Å². The van der Waals surface area contributed by atoms with E-state index in [4.69, 9.17) is 0 Å². The number of allylic oxidation sites excluding steroid dienone is 1. The number of aryl methyl sites for hydroxylation is 1. The molecular weight excluding hydrogens is 282 g/mol. The summed E-state index contributed by atoms with van der Waals surface area (Å²) in [7, 11) is 0. The lowest BCUT2D eigenvalue weighted by Gasteiger charge is -2.23. The van der Waals surface area contributed by atoms with E-state index in [2.05, 4.69) is 47.5 Å². The number of hydrogen-bond acceptors (Lipinski definition) is 3. The van der Waals surface area contributed by atoms with Crippen molar-refractivity contribution in [3.63, 3.8) is 0 Å². The predicted molar refractivity (Wildman–Crippen MR) is 91.8 cm³/mol. The first-order chi connectivity index (χ1) is 9.88. The van der Waals surface area contributed by atoms with Crippen molar-refractivity contribution in [2.75, 3.05) is 12.3 Å². The molecule has 3 rings (SSSR count). The highest BCUT2D eigenvalue weighted by Crippen LogP contribution is 2.38. The summed E-state index contributed by atoms with van der Waals surface area (Å²) >= 11 is 4.16. The first-order valence-electron chi connectivity index (χ1n) is 8.00. The predicted octanol–water partition coefficient (Wildman–Crippen LogP) is 5.08. The van der Waals surface area contributed by atoms with E-state index in [0.29, 0.717) is 6.04 Å². The summed E-state index contributed by atoms with van der Waals surface area (Å²) in [6.07, 6.45) is 10.3. The molecule has 1 aliphatic carbocycles. The van der Waals surface area contributed by atoms with Crippen molar-refractivity contribution in [2.24, 2.45) is 0 Å². The SMILES string of the molecule is CCCNC(C1=CCCCC1)c1cc2c(s1)CCSC2. The maximum Gasteiger partial charge on any atom is 0.0630 e. The monoisotopic (exact) mass is 307 g/mol. The molecular formula is C17H25NS2. The maximum atomic E-state index is 3.80. The highest BCUT2D eigenvalue weighted by molar-refractivity contribution is 7.98. The zero-order chi connectivity index (χ0) is 13.8. The van der Waals surface area contributed by atoms with E-state index in [1.54, 1.807) is 20.9 Å².